The van der Waals surface area contributed by atoms with Crippen LogP contribution in [0.1, 0.15) is 6.42 Å². The van der Waals surface area contributed by atoms with Gasteiger partial charge >= 0.3 is 6.18 Å². The van der Waals surface area contributed by atoms with Gasteiger partial charge in [-0.1, -0.05) is 22.6 Å². The van der Waals surface area contributed by atoms with Crippen LogP contribution in [0.15, 0.2) is 0 Å². The van der Waals surface area contributed by atoms with Crippen molar-refractivity contribution in [3.63, 3.8) is 0 Å². The topological polar surface area (TPSA) is 18.5 Å². The predicted octanol–water partition coefficient (Wildman–Crippen LogP) is 2.16. The Labute approximate surface area is 87.9 Å². The van der Waals surface area contributed by atoms with Gasteiger partial charge in [0.1, 0.15) is 0 Å². The van der Waals surface area contributed by atoms with Gasteiger partial charge in [0, 0.05) is 0 Å². The highest BCUT2D eigenvalue weighted by Gasteiger charge is 2.30. The number of hydrogen-bond donors (Lipinski definition) is 0. The Morgan fingerprint density at radius 2 is 2.08 bits per heavy atom. The molecular weight excluding hydrogens is 300 g/mol. The van der Waals surface area contributed by atoms with Gasteiger partial charge in [-0.15, -0.1) is 0 Å². The summed E-state index contributed by atoms with van der Waals surface area (Å²) in [7, 11) is 0. The SMILES string of the molecule is FC(F)(F)CCOC1COCC1I. The van der Waals surface area contributed by atoms with E-state index < -0.39 is 12.6 Å². The maximum absolute atomic E-state index is 11.7. The minimum absolute atomic E-state index is 0.172. The Morgan fingerprint density at radius 1 is 1.38 bits per heavy atom. The first kappa shape index (κ1) is 11.5. The highest BCUT2D eigenvalue weighted by molar-refractivity contribution is 14.1. The molecule has 78 valence electrons. The van der Waals surface area contributed by atoms with E-state index in [1.54, 1.807) is 0 Å². The summed E-state index contributed by atoms with van der Waals surface area (Å²) in [5, 5.41) is 0. The standard InChI is InChI=1S/C7H10F3IO2/c8-7(9,10)1-2-13-6-4-12-3-5(6)11/h5-6H,1-4H2. The summed E-state index contributed by atoms with van der Waals surface area (Å²) in [5.41, 5.74) is 0. The summed E-state index contributed by atoms with van der Waals surface area (Å²) < 4.78 is 45.4. The van der Waals surface area contributed by atoms with Crippen molar-refractivity contribution in [1.29, 1.82) is 0 Å². The molecule has 0 spiro atoms. The molecule has 1 fully saturated rings. The molecule has 1 aliphatic rings. The van der Waals surface area contributed by atoms with Crippen LogP contribution in [-0.2, 0) is 9.47 Å². The number of halogens is 4. The Hall–Kier alpha value is 0.440. The Balaban J connectivity index is 2.12. The van der Waals surface area contributed by atoms with Crippen LogP contribution in [0.3, 0.4) is 0 Å². The fraction of sp³-hybridized carbons (Fsp3) is 1.00. The van der Waals surface area contributed by atoms with Gasteiger partial charge in [-0.25, -0.2) is 0 Å². The van der Waals surface area contributed by atoms with E-state index in [-0.39, 0.29) is 16.6 Å². The van der Waals surface area contributed by atoms with Gasteiger partial charge in [0.05, 0.1) is 36.3 Å². The molecule has 0 radical (unpaired) electrons. The lowest BCUT2D eigenvalue weighted by Crippen LogP contribution is -2.24. The summed E-state index contributed by atoms with van der Waals surface area (Å²) in [4.78, 5) is 0. The van der Waals surface area contributed by atoms with Crippen LogP contribution in [0, 0.1) is 0 Å². The molecule has 1 heterocycles. The Morgan fingerprint density at radius 3 is 2.54 bits per heavy atom. The molecule has 0 aromatic rings. The zero-order valence-corrected chi connectivity index (χ0v) is 8.97. The fourth-order valence-electron chi connectivity index (χ4n) is 0.987. The maximum Gasteiger partial charge on any atom is 0.391 e. The summed E-state index contributed by atoms with van der Waals surface area (Å²) in [6, 6.07) is 0. The molecule has 0 bridgehead atoms. The molecule has 0 amide bonds. The molecule has 1 aliphatic heterocycles. The van der Waals surface area contributed by atoms with E-state index >= 15 is 0 Å². The zero-order valence-electron chi connectivity index (χ0n) is 6.81. The lowest BCUT2D eigenvalue weighted by Gasteiger charge is -2.14. The lowest BCUT2D eigenvalue weighted by molar-refractivity contribution is -0.148. The number of ether oxygens (including phenoxy) is 2. The summed E-state index contributed by atoms with van der Waals surface area (Å²) >= 11 is 2.12. The number of hydrogen-bond acceptors (Lipinski definition) is 2. The van der Waals surface area contributed by atoms with E-state index in [1.807, 2.05) is 0 Å². The molecule has 2 nitrogen and oxygen atoms in total. The minimum Gasteiger partial charge on any atom is -0.378 e. The van der Waals surface area contributed by atoms with E-state index in [4.69, 9.17) is 9.47 Å². The average Bonchev–Trinajstić information content (AvgIpc) is 2.34. The van der Waals surface area contributed by atoms with E-state index in [9.17, 15) is 13.2 Å². The zero-order chi connectivity index (χ0) is 9.90. The second-order valence-electron chi connectivity index (χ2n) is 2.83. The van der Waals surface area contributed by atoms with E-state index in [1.165, 1.54) is 0 Å². The molecule has 6 heteroatoms. The second-order valence-corrected chi connectivity index (χ2v) is 4.43. The first-order valence-electron chi connectivity index (χ1n) is 3.89. The third-order valence-electron chi connectivity index (χ3n) is 1.68. The monoisotopic (exact) mass is 310 g/mol. The van der Waals surface area contributed by atoms with Crippen LogP contribution in [-0.4, -0.2) is 36.0 Å². The molecule has 2 atom stereocenters. The first-order valence-corrected chi connectivity index (χ1v) is 5.14. The van der Waals surface area contributed by atoms with Crippen LogP contribution >= 0.6 is 22.6 Å². The van der Waals surface area contributed by atoms with E-state index in [0.29, 0.717) is 13.2 Å². The van der Waals surface area contributed by atoms with Gasteiger partial charge in [0.15, 0.2) is 0 Å². The van der Waals surface area contributed by atoms with Crippen molar-refractivity contribution in [1.82, 2.24) is 0 Å². The Kier molecular flexibility index (Phi) is 4.24. The highest BCUT2D eigenvalue weighted by atomic mass is 127. The highest BCUT2D eigenvalue weighted by Crippen LogP contribution is 2.22. The normalized spacial score (nSPS) is 29.5. The summed E-state index contributed by atoms with van der Waals surface area (Å²) in [5.74, 6) is 0. The molecule has 1 rings (SSSR count). The fourth-order valence-corrected chi connectivity index (χ4v) is 1.66. The van der Waals surface area contributed by atoms with Crippen molar-refractivity contribution in [2.75, 3.05) is 19.8 Å². The summed E-state index contributed by atoms with van der Waals surface area (Å²) in [6.07, 6.45) is -5.18. The average molecular weight is 310 g/mol. The Bertz CT molecular complexity index is 162. The van der Waals surface area contributed by atoms with Gasteiger partial charge in [0.25, 0.3) is 0 Å². The molecule has 0 saturated carbocycles. The number of alkyl halides is 4. The van der Waals surface area contributed by atoms with Crippen molar-refractivity contribution in [2.45, 2.75) is 22.6 Å². The van der Waals surface area contributed by atoms with Gasteiger partial charge < -0.3 is 9.47 Å². The van der Waals surface area contributed by atoms with Crippen molar-refractivity contribution in [3.8, 4) is 0 Å². The first-order chi connectivity index (χ1) is 5.99. The van der Waals surface area contributed by atoms with Crippen LogP contribution in [0.2, 0.25) is 0 Å². The van der Waals surface area contributed by atoms with Gasteiger partial charge in [-0.2, -0.15) is 13.2 Å². The quantitative estimate of drug-likeness (QED) is 0.587. The molecule has 0 aromatic heterocycles. The predicted molar refractivity (Wildman–Crippen MR) is 49.0 cm³/mol. The smallest absolute Gasteiger partial charge is 0.378 e. The summed E-state index contributed by atoms with van der Waals surface area (Å²) in [6.45, 7) is 0.708. The third kappa shape index (κ3) is 4.46. The minimum atomic E-state index is -4.12. The largest absolute Gasteiger partial charge is 0.391 e. The van der Waals surface area contributed by atoms with Crippen molar-refractivity contribution >= 4 is 22.6 Å². The number of rotatable bonds is 3. The molecule has 0 aromatic carbocycles. The second kappa shape index (κ2) is 4.79. The molecule has 0 aliphatic carbocycles. The molecule has 0 N–H and O–H groups in total. The lowest BCUT2D eigenvalue weighted by atomic mass is 10.3. The third-order valence-corrected chi connectivity index (χ3v) is 2.84. The molecule has 1 saturated heterocycles. The van der Waals surface area contributed by atoms with Crippen LogP contribution < -0.4 is 0 Å². The van der Waals surface area contributed by atoms with Crippen molar-refractivity contribution in [2.24, 2.45) is 0 Å². The molecule has 2 unspecified atom stereocenters. The van der Waals surface area contributed by atoms with E-state index in [2.05, 4.69) is 22.6 Å². The molecule has 13 heavy (non-hydrogen) atoms. The molecular formula is C7H10F3IO2. The van der Waals surface area contributed by atoms with Crippen LogP contribution in [0.4, 0.5) is 13.2 Å². The van der Waals surface area contributed by atoms with Crippen LogP contribution in [0.5, 0.6) is 0 Å². The van der Waals surface area contributed by atoms with Crippen molar-refractivity contribution < 1.29 is 22.6 Å². The van der Waals surface area contributed by atoms with Crippen molar-refractivity contribution in [3.05, 3.63) is 0 Å². The van der Waals surface area contributed by atoms with E-state index in [0.717, 1.165) is 0 Å². The van der Waals surface area contributed by atoms with Crippen LogP contribution in [0.25, 0.3) is 0 Å². The maximum atomic E-state index is 11.7. The van der Waals surface area contributed by atoms with Gasteiger partial charge in [-0.3, -0.25) is 0 Å². The van der Waals surface area contributed by atoms with Gasteiger partial charge in [-0.05, 0) is 0 Å². The van der Waals surface area contributed by atoms with Gasteiger partial charge in [0.2, 0.25) is 0 Å².